The van der Waals surface area contributed by atoms with Gasteiger partial charge in [0.05, 0.1) is 22.0 Å². The Labute approximate surface area is 160 Å². The van der Waals surface area contributed by atoms with Gasteiger partial charge in [0.1, 0.15) is 11.6 Å². The highest BCUT2D eigenvalue weighted by atomic mass is 35.5. The van der Waals surface area contributed by atoms with Gasteiger partial charge in [-0.1, -0.05) is 41.9 Å². The third kappa shape index (κ3) is 3.15. The van der Waals surface area contributed by atoms with Crippen LogP contribution in [0.15, 0.2) is 76.5 Å². The van der Waals surface area contributed by atoms with Crippen molar-refractivity contribution in [3.8, 4) is 0 Å². The standard InChI is InChI=1S/C20H14ClN3O3/c1-12-15(19(25)24(23-12)13-7-3-2-4-8-13)11-17-20(26)27-18(22-17)14-9-5-6-10-16(14)21/h2-11,15H,1H3/b17-11-/t15-/m0/s1. The van der Waals surface area contributed by atoms with Crippen molar-refractivity contribution in [1.29, 1.82) is 0 Å². The molecule has 2 aromatic rings. The second kappa shape index (κ2) is 6.81. The second-order valence-corrected chi connectivity index (χ2v) is 6.45. The van der Waals surface area contributed by atoms with Crippen molar-refractivity contribution < 1.29 is 14.3 Å². The Morgan fingerprint density at radius 2 is 1.78 bits per heavy atom. The van der Waals surface area contributed by atoms with Gasteiger partial charge in [0.2, 0.25) is 5.90 Å². The van der Waals surface area contributed by atoms with Crippen LogP contribution in [0.3, 0.4) is 0 Å². The molecule has 7 heteroatoms. The topological polar surface area (TPSA) is 71.3 Å². The van der Waals surface area contributed by atoms with Crippen LogP contribution in [0.5, 0.6) is 0 Å². The highest BCUT2D eigenvalue weighted by Crippen LogP contribution is 2.27. The lowest BCUT2D eigenvalue weighted by molar-refractivity contribution is -0.130. The Morgan fingerprint density at radius 1 is 1.07 bits per heavy atom. The van der Waals surface area contributed by atoms with Crippen molar-refractivity contribution in [1.82, 2.24) is 0 Å². The summed E-state index contributed by atoms with van der Waals surface area (Å²) in [5, 5.41) is 6.07. The molecule has 0 spiro atoms. The highest BCUT2D eigenvalue weighted by molar-refractivity contribution is 6.34. The molecular formula is C20H14ClN3O3. The van der Waals surface area contributed by atoms with Crippen molar-refractivity contribution >= 4 is 40.8 Å². The average Bonchev–Trinajstić information content (AvgIpc) is 3.17. The summed E-state index contributed by atoms with van der Waals surface area (Å²) in [6.07, 6.45) is 1.48. The predicted octanol–water partition coefficient (Wildman–Crippen LogP) is 3.57. The summed E-state index contributed by atoms with van der Waals surface area (Å²) in [5.41, 5.74) is 1.82. The molecule has 0 saturated carbocycles. The van der Waals surface area contributed by atoms with Crippen LogP contribution in [0.4, 0.5) is 5.69 Å². The van der Waals surface area contributed by atoms with Crippen molar-refractivity contribution in [2.45, 2.75) is 6.92 Å². The van der Waals surface area contributed by atoms with Crippen LogP contribution in [-0.4, -0.2) is 23.5 Å². The van der Waals surface area contributed by atoms with Gasteiger partial charge in [0, 0.05) is 0 Å². The first-order chi connectivity index (χ1) is 13.0. The zero-order chi connectivity index (χ0) is 19.0. The van der Waals surface area contributed by atoms with E-state index in [4.69, 9.17) is 16.3 Å². The molecule has 0 unspecified atom stereocenters. The van der Waals surface area contributed by atoms with Crippen LogP contribution in [0, 0.1) is 5.92 Å². The number of esters is 1. The van der Waals surface area contributed by atoms with Crippen molar-refractivity contribution in [2.24, 2.45) is 16.0 Å². The molecule has 134 valence electrons. The second-order valence-electron chi connectivity index (χ2n) is 6.04. The maximum atomic E-state index is 12.8. The smallest absolute Gasteiger partial charge is 0.363 e. The number of cyclic esters (lactones) is 1. The van der Waals surface area contributed by atoms with Gasteiger partial charge >= 0.3 is 5.97 Å². The van der Waals surface area contributed by atoms with Crippen LogP contribution < -0.4 is 5.01 Å². The fourth-order valence-corrected chi connectivity index (χ4v) is 3.07. The number of carbonyl (C=O) groups excluding carboxylic acids is 2. The monoisotopic (exact) mass is 379 g/mol. The van der Waals surface area contributed by atoms with Gasteiger partial charge in [-0.15, -0.1) is 0 Å². The zero-order valence-corrected chi connectivity index (χ0v) is 15.1. The molecule has 2 aliphatic rings. The summed E-state index contributed by atoms with van der Waals surface area (Å²) in [4.78, 5) is 29.2. The van der Waals surface area contributed by atoms with E-state index in [0.717, 1.165) is 0 Å². The fourth-order valence-electron chi connectivity index (χ4n) is 2.86. The molecular weight excluding hydrogens is 366 g/mol. The molecule has 6 nitrogen and oxygen atoms in total. The van der Waals surface area contributed by atoms with E-state index in [1.165, 1.54) is 11.1 Å². The van der Waals surface area contributed by atoms with E-state index in [2.05, 4.69) is 10.1 Å². The number of rotatable bonds is 3. The molecule has 2 aromatic carbocycles. The quantitative estimate of drug-likeness (QED) is 0.604. The lowest BCUT2D eigenvalue weighted by Gasteiger charge is -2.12. The largest absolute Gasteiger partial charge is 0.402 e. The van der Waals surface area contributed by atoms with E-state index in [-0.39, 0.29) is 17.5 Å². The number of para-hydroxylation sites is 1. The Balaban J connectivity index is 1.64. The summed E-state index contributed by atoms with van der Waals surface area (Å²) >= 11 is 6.13. The molecule has 0 fully saturated rings. The molecule has 0 saturated heterocycles. The summed E-state index contributed by atoms with van der Waals surface area (Å²) < 4.78 is 5.23. The molecule has 1 amide bonds. The van der Waals surface area contributed by atoms with Crippen LogP contribution in [0.1, 0.15) is 12.5 Å². The number of amides is 1. The van der Waals surface area contributed by atoms with E-state index in [9.17, 15) is 9.59 Å². The lowest BCUT2D eigenvalue weighted by Crippen LogP contribution is -2.26. The number of nitrogens with zero attached hydrogens (tertiary/aromatic N) is 3. The summed E-state index contributed by atoms with van der Waals surface area (Å²) in [5.74, 6) is -1.43. The van der Waals surface area contributed by atoms with E-state index >= 15 is 0 Å². The molecule has 27 heavy (non-hydrogen) atoms. The number of hydrogen-bond acceptors (Lipinski definition) is 5. The molecule has 0 aliphatic carbocycles. The zero-order valence-electron chi connectivity index (χ0n) is 14.3. The van der Waals surface area contributed by atoms with Gasteiger partial charge in [0.25, 0.3) is 5.91 Å². The summed E-state index contributed by atoms with van der Waals surface area (Å²) in [6, 6.07) is 16.0. The van der Waals surface area contributed by atoms with Gasteiger partial charge < -0.3 is 4.74 Å². The van der Waals surface area contributed by atoms with E-state index in [0.29, 0.717) is 22.0 Å². The van der Waals surface area contributed by atoms with Gasteiger partial charge in [-0.3, -0.25) is 4.79 Å². The number of aliphatic imine (C=N–C) groups is 1. The molecule has 4 rings (SSSR count). The highest BCUT2D eigenvalue weighted by Gasteiger charge is 2.35. The van der Waals surface area contributed by atoms with Gasteiger partial charge in [-0.2, -0.15) is 10.1 Å². The molecule has 2 heterocycles. The van der Waals surface area contributed by atoms with Crippen LogP contribution in [-0.2, 0) is 14.3 Å². The van der Waals surface area contributed by atoms with E-state index < -0.39 is 11.9 Å². The number of carbonyl (C=O) groups is 2. The minimum atomic E-state index is -0.679. The Morgan fingerprint density at radius 3 is 2.52 bits per heavy atom. The van der Waals surface area contributed by atoms with E-state index in [1.807, 2.05) is 18.2 Å². The number of hydrogen-bond donors (Lipinski definition) is 0. The normalized spacial score (nSPS) is 20.7. The summed E-state index contributed by atoms with van der Waals surface area (Å²) in [6.45, 7) is 1.74. The summed E-state index contributed by atoms with van der Waals surface area (Å²) in [7, 11) is 0. The van der Waals surface area contributed by atoms with Crippen LogP contribution in [0.2, 0.25) is 5.02 Å². The maximum Gasteiger partial charge on any atom is 0.363 e. The number of anilines is 1. The molecule has 0 N–H and O–H groups in total. The number of ether oxygens (including phenoxy) is 1. The molecule has 0 aromatic heterocycles. The number of benzene rings is 2. The van der Waals surface area contributed by atoms with Crippen molar-refractivity contribution in [3.05, 3.63) is 77.0 Å². The van der Waals surface area contributed by atoms with Gasteiger partial charge in [-0.25, -0.2) is 9.79 Å². The molecule has 0 radical (unpaired) electrons. The fraction of sp³-hybridized carbons (Fsp3) is 0.100. The van der Waals surface area contributed by atoms with Gasteiger partial charge in [-0.05, 0) is 37.3 Å². The minimum absolute atomic E-state index is 0.0627. The van der Waals surface area contributed by atoms with Crippen molar-refractivity contribution in [3.63, 3.8) is 0 Å². The average molecular weight is 380 g/mol. The first-order valence-electron chi connectivity index (χ1n) is 8.26. The Hall–Kier alpha value is -3.25. The number of halogens is 1. The first-order valence-corrected chi connectivity index (χ1v) is 8.64. The number of hydrazone groups is 1. The third-order valence-corrected chi connectivity index (χ3v) is 4.56. The lowest BCUT2D eigenvalue weighted by atomic mass is 10.0. The minimum Gasteiger partial charge on any atom is -0.402 e. The predicted molar refractivity (Wildman–Crippen MR) is 103 cm³/mol. The van der Waals surface area contributed by atoms with Crippen LogP contribution >= 0.6 is 11.6 Å². The third-order valence-electron chi connectivity index (χ3n) is 4.23. The maximum absolute atomic E-state index is 12.8. The molecule has 1 atom stereocenters. The van der Waals surface area contributed by atoms with Crippen molar-refractivity contribution in [2.75, 3.05) is 5.01 Å². The SMILES string of the molecule is CC1=NN(c2ccccc2)C(=O)[C@H]1/C=C1\N=C(c2ccccc2Cl)OC1=O. The van der Waals surface area contributed by atoms with Gasteiger partial charge in [0.15, 0.2) is 0 Å². The molecule has 2 aliphatic heterocycles. The Kier molecular flexibility index (Phi) is 4.33. The van der Waals surface area contributed by atoms with Crippen LogP contribution in [0.25, 0.3) is 0 Å². The Bertz CT molecular complexity index is 1030. The molecule has 0 bridgehead atoms. The first kappa shape index (κ1) is 17.2. The van der Waals surface area contributed by atoms with E-state index in [1.54, 1.807) is 43.3 Å².